The molecule has 0 spiro atoms. The molecule has 0 unspecified atom stereocenters. The molecule has 160 valence electrons. The van der Waals surface area contributed by atoms with E-state index in [0.29, 0.717) is 0 Å². The maximum absolute atomic E-state index is 13.0. The van der Waals surface area contributed by atoms with Gasteiger partial charge in [0, 0.05) is 6.07 Å². The van der Waals surface area contributed by atoms with E-state index in [2.05, 4.69) is 25.1 Å². The van der Waals surface area contributed by atoms with E-state index < -0.39 is 43.0 Å². The molecular formula is C14H14N6O9S. The van der Waals surface area contributed by atoms with Gasteiger partial charge >= 0.3 is 18.0 Å². The zero-order chi connectivity index (χ0) is 22.5. The molecule has 0 saturated heterocycles. The number of hydrazine groups is 1. The summed E-state index contributed by atoms with van der Waals surface area (Å²) in [5.74, 6) is -1.77. The molecule has 2 rings (SSSR count). The lowest BCUT2D eigenvalue weighted by molar-refractivity contribution is -0.385. The van der Waals surface area contributed by atoms with E-state index in [9.17, 15) is 28.1 Å². The lowest BCUT2D eigenvalue weighted by Gasteiger charge is -2.19. The van der Waals surface area contributed by atoms with Crippen LogP contribution in [-0.4, -0.2) is 66.4 Å². The van der Waals surface area contributed by atoms with Crippen LogP contribution in [0.3, 0.4) is 0 Å². The van der Waals surface area contributed by atoms with Crippen LogP contribution in [0.2, 0.25) is 0 Å². The van der Waals surface area contributed by atoms with Crippen molar-refractivity contribution in [1.82, 2.24) is 19.4 Å². The number of anilines is 1. The molecular weight excluding hydrogens is 428 g/mol. The molecule has 15 nitrogen and oxygen atoms in total. The lowest BCUT2D eigenvalue weighted by Crippen LogP contribution is -2.36. The Balaban J connectivity index is 2.59. The molecule has 30 heavy (non-hydrogen) atoms. The molecule has 1 aromatic carbocycles. The summed E-state index contributed by atoms with van der Waals surface area (Å²) in [7, 11) is -1.51. The van der Waals surface area contributed by atoms with E-state index in [1.165, 1.54) is 14.2 Å². The number of nitro benzene ring substituents is 1. The predicted molar refractivity (Wildman–Crippen MR) is 96.1 cm³/mol. The van der Waals surface area contributed by atoms with Crippen molar-refractivity contribution in [1.29, 1.82) is 0 Å². The van der Waals surface area contributed by atoms with Gasteiger partial charge < -0.3 is 14.2 Å². The van der Waals surface area contributed by atoms with E-state index in [-0.39, 0.29) is 22.8 Å². The number of carbonyl (C=O) groups is 2. The summed E-state index contributed by atoms with van der Waals surface area (Å²) >= 11 is 0. The molecule has 0 bridgehead atoms. The van der Waals surface area contributed by atoms with Crippen molar-refractivity contribution in [3.63, 3.8) is 0 Å². The van der Waals surface area contributed by atoms with Gasteiger partial charge in [-0.3, -0.25) is 14.9 Å². The number of esters is 1. The van der Waals surface area contributed by atoms with Gasteiger partial charge in [-0.25, -0.2) is 10.2 Å². The van der Waals surface area contributed by atoms with Gasteiger partial charge in [-0.2, -0.15) is 18.4 Å². The van der Waals surface area contributed by atoms with Gasteiger partial charge in [-0.1, -0.05) is 6.07 Å². The SMILES string of the molecule is COC(=O)c1c([N+](=O)[O-])cccc1S(=O)(=O)N(C=O)Nc1nc(OC)nc(OC)n1. The second-order valence-electron chi connectivity index (χ2n) is 5.05. The fraction of sp³-hybridized carbons (Fsp3) is 0.214. The Kier molecular flexibility index (Phi) is 6.62. The Bertz CT molecular complexity index is 1070. The van der Waals surface area contributed by atoms with Crippen LogP contribution in [0.5, 0.6) is 12.0 Å². The molecule has 0 aliphatic heterocycles. The molecule has 0 aliphatic carbocycles. The van der Waals surface area contributed by atoms with Crippen molar-refractivity contribution in [3.8, 4) is 12.0 Å². The highest BCUT2D eigenvalue weighted by Gasteiger charge is 2.35. The van der Waals surface area contributed by atoms with Crippen LogP contribution in [0.4, 0.5) is 11.6 Å². The monoisotopic (exact) mass is 442 g/mol. The number of aromatic nitrogens is 3. The number of carbonyl (C=O) groups excluding carboxylic acids is 2. The van der Waals surface area contributed by atoms with Gasteiger partial charge in [0.2, 0.25) is 6.41 Å². The van der Waals surface area contributed by atoms with Crippen LogP contribution >= 0.6 is 0 Å². The van der Waals surface area contributed by atoms with Gasteiger partial charge in [0.1, 0.15) is 4.90 Å². The third-order valence-corrected chi connectivity index (χ3v) is 4.98. The zero-order valence-electron chi connectivity index (χ0n) is 15.6. The maximum Gasteiger partial charge on any atom is 0.346 e. The average molecular weight is 442 g/mol. The van der Waals surface area contributed by atoms with Crippen LogP contribution < -0.4 is 14.9 Å². The molecule has 0 radical (unpaired) electrons. The number of nitrogens with zero attached hydrogens (tertiary/aromatic N) is 5. The number of rotatable bonds is 9. The average Bonchev–Trinajstić information content (AvgIpc) is 2.75. The Labute approximate surface area is 168 Å². The summed E-state index contributed by atoms with van der Waals surface area (Å²) in [4.78, 5) is 44.1. The lowest BCUT2D eigenvalue weighted by atomic mass is 10.2. The smallest absolute Gasteiger partial charge is 0.346 e. The summed E-state index contributed by atoms with van der Waals surface area (Å²) in [6.45, 7) is 0. The number of benzene rings is 1. The minimum Gasteiger partial charge on any atom is -0.467 e. The van der Waals surface area contributed by atoms with Crippen LogP contribution in [0.15, 0.2) is 23.1 Å². The fourth-order valence-electron chi connectivity index (χ4n) is 2.11. The topological polar surface area (TPSA) is 193 Å². The first-order valence-electron chi connectivity index (χ1n) is 7.65. The van der Waals surface area contributed by atoms with E-state index in [1.807, 2.05) is 0 Å². The van der Waals surface area contributed by atoms with E-state index in [0.717, 1.165) is 25.3 Å². The highest BCUT2D eigenvalue weighted by atomic mass is 32.2. The normalized spacial score (nSPS) is 10.6. The standard InChI is InChI=1S/C14H14N6O9S/c1-27-11(22)10-8(20(23)24)5-4-6-9(10)30(25,26)19(7-21)18-12-15-13(28-2)17-14(16-12)29-3/h4-7H,1-3H3,(H,15,16,17,18). The summed E-state index contributed by atoms with van der Waals surface area (Å²) in [5.41, 5.74) is 0.376. The first-order chi connectivity index (χ1) is 14.2. The van der Waals surface area contributed by atoms with Gasteiger partial charge in [-0.05, 0) is 6.07 Å². The van der Waals surface area contributed by atoms with Crippen molar-refractivity contribution < 1.29 is 37.1 Å². The predicted octanol–water partition coefficient (Wildman–Crippen LogP) is -0.242. The summed E-state index contributed by atoms with van der Waals surface area (Å²) in [6.07, 6.45) is -0.169. The molecule has 0 atom stereocenters. The number of hydrogen-bond donors (Lipinski definition) is 1. The second kappa shape index (κ2) is 8.95. The molecule has 16 heteroatoms. The van der Waals surface area contributed by atoms with Crippen molar-refractivity contribution in [2.24, 2.45) is 0 Å². The fourth-order valence-corrected chi connectivity index (χ4v) is 3.34. The number of sulfonamides is 1. The van der Waals surface area contributed by atoms with E-state index >= 15 is 0 Å². The Hall–Kier alpha value is -4.08. The highest BCUT2D eigenvalue weighted by Crippen LogP contribution is 2.28. The molecule has 0 fully saturated rings. The number of hydrogen-bond acceptors (Lipinski definition) is 13. The molecule has 0 saturated carbocycles. The molecule has 1 N–H and O–H groups in total. The third kappa shape index (κ3) is 4.32. The highest BCUT2D eigenvalue weighted by molar-refractivity contribution is 7.89. The van der Waals surface area contributed by atoms with Gasteiger partial charge in [0.05, 0.1) is 26.3 Å². The van der Waals surface area contributed by atoms with Crippen LogP contribution in [0.1, 0.15) is 10.4 Å². The van der Waals surface area contributed by atoms with E-state index in [1.54, 1.807) is 0 Å². The number of nitrogens with one attached hydrogen (secondary N) is 1. The van der Waals surface area contributed by atoms with Crippen LogP contribution in [0, 0.1) is 10.1 Å². The number of methoxy groups -OCH3 is 3. The maximum atomic E-state index is 13.0. The number of ether oxygens (including phenoxy) is 3. The Morgan fingerprint density at radius 2 is 1.77 bits per heavy atom. The first-order valence-corrected chi connectivity index (χ1v) is 9.09. The summed E-state index contributed by atoms with van der Waals surface area (Å²) in [5, 5.41) is 11.2. The molecule has 1 amide bonds. The van der Waals surface area contributed by atoms with Gasteiger partial charge in [0.25, 0.3) is 21.7 Å². The van der Waals surface area contributed by atoms with Crippen LogP contribution in [-0.2, 0) is 19.6 Å². The second-order valence-corrected chi connectivity index (χ2v) is 6.83. The third-order valence-electron chi connectivity index (χ3n) is 3.39. The largest absolute Gasteiger partial charge is 0.467 e. The van der Waals surface area contributed by atoms with Crippen LogP contribution in [0.25, 0.3) is 0 Å². The minimum atomic E-state index is -4.86. The zero-order valence-corrected chi connectivity index (χ0v) is 16.4. The number of amides is 1. The van der Waals surface area contributed by atoms with Gasteiger partial charge in [-0.15, -0.1) is 9.40 Å². The van der Waals surface area contributed by atoms with E-state index in [4.69, 9.17) is 9.47 Å². The molecule has 2 aromatic rings. The molecule has 1 heterocycles. The van der Waals surface area contributed by atoms with Crippen molar-refractivity contribution in [2.75, 3.05) is 26.8 Å². The summed E-state index contributed by atoms with van der Waals surface area (Å²) in [6, 6.07) is 2.29. The van der Waals surface area contributed by atoms with Crippen molar-refractivity contribution >= 4 is 34.0 Å². The van der Waals surface area contributed by atoms with Crippen molar-refractivity contribution in [3.05, 3.63) is 33.9 Å². The first kappa shape index (κ1) is 22.2. The Morgan fingerprint density at radius 3 is 2.23 bits per heavy atom. The molecule has 1 aromatic heterocycles. The Morgan fingerprint density at radius 1 is 1.17 bits per heavy atom. The van der Waals surface area contributed by atoms with Crippen molar-refractivity contribution in [2.45, 2.75) is 4.90 Å². The number of nitro groups is 1. The van der Waals surface area contributed by atoms with Gasteiger partial charge in [0.15, 0.2) is 5.56 Å². The molecule has 0 aliphatic rings. The summed E-state index contributed by atoms with van der Waals surface area (Å²) < 4.78 is 40.0. The minimum absolute atomic E-state index is 0.00666. The quantitative estimate of drug-likeness (QED) is 0.231.